The molecule has 9 heteroatoms. The number of carbonyl (C=O) groups is 1. The number of halogens is 2. The average Bonchev–Trinajstić information content (AvgIpc) is 2.64. The minimum absolute atomic E-state index is 0.163. The third-order valence-electron chi connectivity index (χ3n) is 4.33. The smallest absolute Gasteiger partial charge is 0.322 e. The Morgan fingerprint density at radius 3 is 2.48 bits per heavy atom. The normalized spacial score (nSPS) is 14.3. The van der Waals surface area contributed by atoms with Crippen LogP contribution < -0.4 is 15.1 Å². The van der Waals surface area contributed by atoms with E-state index in [1.165, 1.54) is 0 Å². The monoisotopic (exact) mass is 376 g/mol. The first kappa shape index (κ1) is 18.8. The second-order valence-corrected chi connectivity index (χ2v) is 6.55. The number of aromatic nitrogens is 2. The first-order valence-electron chi connectivity index (χ1n) is 8.62. The summed E-state index contributed by atoms with van der Waals surface area (Å²) in [6.07, 6.45) is 0. The molecule has 0 spiro atoms. The molecule has 1 saturated heterocycles. The maximum atomic E-state index is 13.7. The Bertz CT molecular complexity index is 837. The quantitative estimate of drug-likeness (QED) is 0.892. The number of carbonyl (C=O) groups excluding carboxylic acids is 1. The van der Waals surface area contributed by atoms with Crippen LogP contribution in [0.4, 0.5) is 30.9 Å². The number of benzene rings is 1. The SMILES string of the molecule is Cc1nc(N(C)C)cc(N2CCN(C(=O)Nc3cc(F)ccc3F)CC2)n1. The number of nitrogens with one attached hydrogen (secondary N) is 1. The molecule has 1 fully saturated rings. The number of nitrogens with zero attached hydrogens (tertiary/aromatic N) is 5. The molecule has 2 amide bonds. The number of aryl methyl sites for hydroxylation is 1. The molecule has 0 unspecified atom stereocenters. The van der Waals surface area contributed by atoms with E-state index in [2.05, 4.69) is 20.2 Å². The van der Waals surface area contributed by atoms with Gasteiger partial charge >= 0.3 is 6.03 Å². The summed E-state index contributed by atoms with van der Waals surface area (Å²) in [6, 6.07) is 4.42. The van der Waals surface area contributed by atoms with Crippen LogP contribution in [0.2, 0.25) is 0 Å². The van der Waals surface area contributed by atoms with Crippen molar-refractivity contribution in [1.82, 2.24) is 14.9 Å². The summed E-state index contributed by atoms with van der Waals surface area (Å²) in [5.74, 6) is 1.03. The second-order valence-electron chi connectivity index (χ2n) is 6.55. The average molecular weight is 376 g/mol. The van der Waals surface area contributed by atoms with Crippen LogP contribution in [-0.4, -0.2) is 61.2 Å². The van der Waals surface area contributed by atoms with E-state index in [-0.39, 0.29) is 5.69 Å². The fraction of sp³-hybridized carbons (Fsp3) is 0.389. The van der Waals surface area contributed by atoms with Gasteiger partial charge in [0.15, 0.2) is 0 Å². The first-order valence-corrected chi connectivity index (χ1v) is 8.62. The van der Waals surface area contributed by atoms with Gasteiger partial charge in [0.2, 0.25) is 0 Å². The molecule has 2 heterocycles. The molecule has 0 atom stereocenters. The van der Waals surface area contributed by atoms with Crippen molar-refractivity contribution in [2.45, 2.75) is 6.92 Å². The predicted molar refractivity (Wildman–Crippen MR) is 100 cm³/mol. The van der Waals surface area contributed by atoms with E-state index in [9.17, 15) is 13.6 Å². The van der Waals surface area contributed by atoms with Crippen LogP contribution in [0.3, 0.4) is 0 Å². The number of piperazine rings is 1. The number of hydrogen-bond acceptors (Lipinski definition) is 5. The van der Waals surface area contributed by atoms with Crippen LogP contribution in [0.1, 0.15) is 5.82 Å². The molecule has 0 saturated carbocycles. The van der Waals surface area contributed by atoms with Gasteiger partial charge in [-0.05, 0) is 19.1 Å². The van der Waals surface area contributed by atoms with Crippen molar-refractivity contribution in [2.75, 3.05) is 55.4 Å². The summed E-state index contributed by atoms with van der Waals surface area (Å²) in [6.45, 7) is 3.91. The van der Waals surface area contributed by atoms with Gasteiger partial charge in [-0.3, -0.25) is 0 Å². The molecule has 3 rings (SSSR count). The van der Waals surface area contributed by atoms with E-state index in [1.54, 1.807) is 4.90 Å². The van der Waals surface area contributed by atoms with E-state index in [4.69, 9.17) is 0 Å². The Labute approximate surface area is 156 Å². The topological polar surface area (TPSA) is 64.6 Å². The molecule has 1 aromatic heterocycles. The van der Waals surface area contributed by atoms with Crippen LogP contribution >= 0.6 is 0 Å². The lowest BCUT2D eigenvalue weighted by molar-refractivity contribution is 0.208. The van der Waals surface area contributed by atoms with Crippen molar-refractivity contribution in [3.63, 3.8) is 0 Å². The van der Waals surface area contributed by atoms with E-state index in [0.29, 0.717) is 32.0 Å². The highest BCUT2D eigenvalue weighted by Gasteiger charge is 2.23. The number of amides is 2. The zero-order valence-corrected chi connectivity index (χ0v) is 15.5. The summed E-state index contributed by atoms with van der Waals surface area (Å²) < 4.78 is 26.9. The fourth-order valence-corrected chi connectivity index (χ4v) is 2.85. The summed E-state index contributed by atoms with van der Waals surface area (Å²) in [5.41, 5.74) is -0.163. The molecule has 144 valence electrons. The third-order valence-corrected chi connectivity index (χ3v) is 4.33. The second kappa shape index (κ2) is 7.73. The Hall–Kier alpha value is -2.97. The van der Waals surface area contributed by atoms with Crippen molar-refractivity contribution in [1.29, 1.82) is 0 Å². The molecule has 0 bridgehead atoms. The van der Waals surface area contributed by atoms with Gasteiger partial charge in [-0.25, -0.2) is 23.5 Å². The van der Waals surface area contributed by atoms with Crippen LogP contribution in [0.25, 0.3) is 0 Å². The predicted octanol–water partition coefficient (Wildman–Crippen LogP) is 2.48. The van der Waals surface area contributed by atoms with Crippen LogP contribution in [-0.2, 0) is 0 Å². The van der Waals surface area contributed by atoms with E-state index < -0.39 is 17.7 Å². The lowest BCUT2D eigenvalue weighted by Gasteiger charge is -2.35. The Kier molecular flexibility index (Phi) is 5.38. The fourth-order valence-electron chi connectivity index (χ4n) is 2.85. The van der Waals surface area contributed by atoms with Gasteiger partial charge in [0.05, 0.1) is 5.69 Å². The number of hydrogen-bond donors (Lipinski definition) is 1. The Morgan fingerprint density at radius 2 is 1.81 bits per heavy atom. The maximum Gasteiger partial charge on any atom is 0.322 e. The first-order chi connectivity index (χ1) is 12.8. The number of rotatable bonds is 3. The molecular weight excluding hydrogens is 354 g/mol. The number of anilines is 3. The molecule has 2 aromatic rings. The summed E-state index contributed by atoms with van der Waals surface area (Å²) in [7, 11) is 3.83. The van der Waals surface area contributed by atoms with Gasteiger partial charge in [0.25, 0.3) is 0 Å². The van der Waals surface area contributed by atoms with Gasteiger partial charge in [-0.2, -0.15) is 0 Å². The van der Waals surface area contributed by atoms with E-state index in [0.717, 1.165) is 29.8 Å². The molecule has 1 N–H and O–H groups in total. The molecule has 1 aromatic carbocycles. The molecule has 0 radical (unpaired) electrons. The van der Waals surface area contributed by atoms with Crippen molar-refractivity contribution in [3.8, 4) is 0 Å². The number of urea groups is 1. The van der Waals surface area contributed by atoms with E-state index in [1.807, 2.05) is 32.0 Å². The molecule has 7 nitrogen and oxygen atoms in total. The summed E-state index contributed by atoms with van der Waals surface area (Å²) in [5, 5.41) is 2.43. The molecular formula is C18H22F2N6O. The zero-order chi connectivity index (χ0) is 19.6. The molecule has 0 aliphatic carbocycles. The molecule has 1 aliphatic heterocycles. The van der Waals surface area contributed by atoms with Crippen molar-refractivity contribution >= 4 is 23.4 Å². The van der Waals surface area contributed by atoms with Gasteiger partial charge in [0.1, 0.15) is 29.1 Å². The minimum Gasteiger partial charge on any atom is -0.363 e. The standard InChI is InChI=1S/C18H22F2N6O/c1-12-21-16(24(2)3)11-17(22-12)25-6-8-26(9-7-25)18(27)23-15-10-13(19)4-5-14(15)20/h4-5,10-11H,6-9H2,1-3H3,(H,23,27). The lowest BCUT2D eigenvalue weighted by Crippen LogP contribution is -2.50. The van der Waals surface area contributed by atoms with Gasteiger partial charge in [-0.15, -0.1) is 0 Å². The van der Waals surface area contributed by atoms with Crippen LogP contribution in [0.15, 0.2) is 24.3 Å². The maximum absolute atomic E-state index is 13.7. The van der Waals surface area contributed by atoms with Gasteiger partial charge in [0, 0.05) is 52.4 Å². The highest BCUT2D eigenvalue weighted by Crippen LogP contribution is 2.20. The van der Waals surface area contributed by atoms with Crippen molar-refractivity contribution in [2.24, 2.45) is 0 Å². The van der Waals surface area contributed by atoms with Gasteiger partial charge < -0.3 is 20.0 Å². The highest BCUT2D eigenvalue weighted by molar-refractivity contribution is 5.89. The highest BCUT2D eigenvalue weighted by atomic mass is 19.1. The molecule has 1 aliphatic rings. The van der Waals surface area contributed by atoms with Crippen LogP contribution in [0, 0.1) is 18.6 Å². The lowest BCUT2D eigenvalue weighted by atomic mass is 10.3. The Morgan fingerprint density at radius 1 is 1.11 bits per heavy atom. The minimum atomic E-state index is -0.670. The summed E-state index contributed by atoms with van der Waals surface area (Å²) in [4.78, 5) is 26.8. The summed E-state index contributed by atoms with van der Waals surface area (Å²) >= 11 is 0. The van der Waals surface area contributed by atoms with Crippen molar-refractivity contribution < 1.29 is 13.6 Å². The Balaban J connectivity index is 1.63. The largest absolute Gasteiger partial charge is 0.363 e. The third kappa shape index (κ3) is 4.42. The van der Waals surface area contributed by atoms with Crippen molar-refractivity contribution in [3.05, 3.63) is 41.7 Å². The van der Waals surface area contributed by atoms with Gasteiger partial charge in [-0.1, -0.05) is 0 Å². The van der Waals surface area contributed by atoms with E-state index >= 15 is 0 Å². The van der Waals surface area contributed by atoms with Crippen LogP contribution in [0.5, 0.6) is 0 Å². The molecule has 27 heavy (non-hydrogen) atoms. The zero-order valence-electron chi connectivity index (χ0n) is 15.5.